The molecule has 1 fully saturated rings. The van der Waals surface area contributed by atoms with Gasteiger partial charge in [0, 0.05) is 6.54 Å². The van der Waals surface area contributed by atoms with Crippen molar-refractivity contribution in [2.45, 2.75) is 45.6 Å². The number of rotatable bonds is 4. The minimum Gasteiger partial charge on any atom is -0.299 e. The maximum atomic E-state index is 8.94. The molecule has 19 heavy (non-hydrogen) atoms. The molecule has 1 heterocycles. The molecule has 1 aromatic rings. The second-order valence-electron chi connectivity index (χ2n) is 5.67. The number of nitriles is 1. The van der Waals surface area contributed by atoms with Crippen molar-refractivity contribution in [3.05, 3.63) is 35.4 Å². The zero-order chi connectivity index (χ0) is 13.5. The lowest BCUT2D eigenvalue weighted by molar-refractivity contribution is 0.271. The van der Waals surface area contributed by atoms with E-state index in [1.54, 1.807) is 0 Å². The Morgan fingerprint density at radius 3 is 3.00 bits per heavy atom. The van der Waals surface area contributed by atoms with Crippen molar-refractivity contribution in [3.63, 3.8) is 0 Å². The fraction of sp³-hybridized carbons (Fsp3) is 0.588. The van der Waals surface area contributed by atoms with Crippen LogP contribution >= 0.6 is 0 Å². The molecule has 0 spiro atoms. The third-order valence-corrected chi connectivity index (χ3v) is 4.10. The van der Waals surface area contributed by atoms with Crippen LogP contribution in [0.4, 0.5) is 0 Å². The van der Waals surface area contributed by atoms with Gasteiger partial charge in [-0.15, -0.1) is 0 Å². The van der Waals surface area contributed by atoms with Crippen molar-refractivity contribution in [2.24, 2.45) is 5.92 Å². The molecule has 0 saturated carbocycles. The van der Waals surface area contributed by atoms with Gasteiger partial charge in [-0.3, -0.25) is 4.90 Å². The van der Waals surface area contributed by atoms with Crippen molar-refractivity contribution >= 4 is 0 Å². The molecule has 0 aliphatic carbocycles. The molecular formula is C17H24N2. The molecule has 0 radical (unpaired) electrons. The van der Waals surface area contributed by atoms with Crippen LogP contribution < -0.4 is 0 Å². The summed E-state index contributed by atoms with van der Waals surface area (Å²) in [7, 11) is 0. The standard InChI is InChI=1S/C17H24N2/c1-2-5-15-8-4-10-19(11-9-15)14-17-7-3-6-16(12-17)13-18/h3,6-7,12,15H,2,4-5,8-11,14H2,1H3. The molecule has 2 nitrogen and oxygen atoms in total. The van der Waals surface area contributed by atoms with E-state index in [0.29, 0.717) is 0 Å². The van der Waals surface area contributed by atoms with Crippen LogP contribution in [0.15, 0.2) is 24.3 Å². The maximum Gasteiger partial charge on any atom is 0.0991 e. The smallest absolute Gasteiger partial charge is 0.0991 e. The van der Waals surface area contributed by atoms with E-state index in [1.165, 1.54) is 50.8 Å². The van der Waals surface area contributed by atoms with E-state index in [4.69, 9.17) is 5.26 Å². The average molecular weight is 256 g/mol. The van der Waals surface area contributed by atoms with Crippen LogP contribution in [0.25, 0.3) is 0 Å². The van der Waals surface area contributed by atoms with Gasteiger partial charge in [0.25, 0.3) is 0 Å². The highest BCUT2D eigenvalue weighted by molar-refractivity contribution is 5.32. The molecule has 2 heteroatoms. The predicted octanol–water partition coefficient (Wildman–Crippen LogP) is 3.96. The van der Waals surface area contributed by atoms with E-state index in [2.05, 4.69) is 24.0 Å². The predicted molar refractivity (Wildman–Crippen MR) is 78.7 cm³/mol. The van der Waals surface area contributed by atoms with E-state index in [1.807, 2.05) is 18.2 Å². The van der Waals surface area contributed by atoms with Crippen LogP contribution in [0.3, 0.4) is 0 Å². The number of hydrogen-bond donors (Lipinski definition) is 0. The molecule has 2 rings (SSSR count). The van der Waals surface area contributed by atoms with Crippen LogP contribution in [0.5, 0.6) is 0 Å². The van der Waals surface area contributed by atoms with E-state index >= 15 is 0 Å². The zero-order valence-electron chi connectivity index (χ0n) is 11.9. The van der Waals surface area contributed by atoms with Crippen molar-refractivity contribution < 1.29 is 0 Å². The van der Waals surface area contributed by atoms with Gasteiger partial charge in [0.05, 0.1) is 11.6 Å². The summed E-state index contributed by atoms with van der Waals surface area (Å²) in [4.78, 5) is 2.55. The molecular weight excluding hydrogens is 232 g/mol. The minimum absolute atomic E-state index is 0.774. The summed E-state index contributed by atoms with van der Waals surface area (Å²) >= 11 is 0. The first kappa shape index (κ1) is 14.1. The number of nitrogens with zero attached hydrogens (tertiary/aromatic N) is 2. The molecule has 1 aliphatic heterocycles. The van der Waals surface area contributed by atoms with Crippen molar-refractivity contribution in [1.82, 2.24) is 4.90 Å². The summed E-state index contributed by atoms with van der Waals surface area (Å²) in [5.74, 6) is 0.931. The minimum atomic E-state index is 0.774. The quantitative estimate of drug-likeness (QED) is 0.815. The Morgan fingerprint density at radius 1 is 1.32 bits per heavy atom. The Bertz CT molecular complexity index is 433. The molecule has 0 bridgehead atoms. The van der Waals surface area contributed by atoms with Gasteiger partial charge in [-0.05, 0) is 56.0 Å². The van der Waals surface area contributed by atoms with Crippen LogP contribution in [0.2, 0.25) is 0 Å². The Hall–Kier alpha value is -1.33. The number of likely N-dealkylation sites (tertiary alicyclic amines) is 1. The van der Waals surface area contributed by atoms with Crippen LogP contribution in [0, 0.1) is 17.2 Å². The first-order chi connectivity index (χ1) is 9.31. The van der Waals surface area contributed by atoms with Gasteiger partial charge in [0.15, 0.2) is 0 Å². The molecule has 1 aromatic carbocycles. The highest BCUT2D eigenvalue weighted by Crippen LogP contribution is 2.22. The van der Waals surface area contributed by atoms with Crippen molar-refractivity contribution in [3.8, 4) is 6.07 Å². The fourth-order valence-corrected chi connectivity index (χ4v) is 3.08. The van der Waals surface area contributed by atoms with E-state index in [-0.39, 0.29) is 0 Å². The van der Waals surface area contributed by atoms with E-state index in [0.717, 1.165) is 18.0 Å². The molecule has 0 amide bonds. The summed E-state index contributed by atoms with van der Waals surface area (Å²) in [5.41, 5.74) is 2.05. The third kappa shape index (κ3) is 4.36. The Labute approximate surface area is 117 Å². The Morgan fingerprint density at radius 2 is 2.21 bits per heavy atom. The van der Waals surface area contributed by atoms with Gasteiger partial charge in [0.1, 0.15) is 0 Å². The second-order valence-corrected chi connectivity index (χ2v) is 5.67. The fourth-order valence-electron chi connectivity index (χ4n) is 3.08. The highest BCUT2D eigenvalue weighted by atomic mass is 15.1. The van der Waals surface area contributed by atoms with Gasteiger partial charge >= 0.3 is 0 Å². The average Bonchev–Trinajstić information content (AvgIpc) is 2.65. The van der Waals surface area contributed by atoms with Gasteiger partial charge in [0.2, 0.25) is 0 Å². The lowest BCUT2D eigenvalue weighted by atomic mass is 9.96. The molecule has 102 valence electrons. The molecule has 1 atom stereocenters. The normalized spacial score (nSPS) is 20.7. The third-order valence-electron chi connectivity index (χ3n) is 4.10. The lowest BCUT2D eigenvalue weighted by Crippen LogP contribution is -2.24. The first-order valence-electron chi connectivity index (χ1n) is 7.53. The van der Waals surface area contributed by atoms with Crippen LogP contribution in [0.1, 0.15) is 50.2 Å². The Balaban J connectivity index is 1.90. The van der Waals surface area contributed by atoms with Crippen molar-refractivity contribution in [2.75, 3.05) is 13.1 Å². The topological polar surface area (TPSA) is 27.0 Å². The molecule has 1 saturated heterocycles. The molecule has 1 aliphatic rings. The highest BCUT2D eigenvalue weighted by Gasteiger charge is 2.16. The van der Waals surface area contributed by atoms with Gasteiger partial charge in [-0.2, -0.15) is 5.26 Å². The van der Waals surface area contributed by atoms with Gasteiger partial charge in [-0.1, -0.05) is 31.9 Å². The van der Waals surface area contributed by atoms with Gasteiger partial charge in [-0.25, -0.2) is 0 Å². The largest absolute Gasteiger partial charge is 0.299 e. The van der Waals surface area contributed by atoms with Crippen LogP contribution in [-0.4, -0.2) is 18.0 Å². The summed E-state index contributed by atoms with van der Waals surface area (Å²) < 4.78 is 0. The maximum absolute atomic E-state index is 8.94. The number of hydrogen-bond acceptors (Lipinski definition) is 2. The summed E-state index contributed by atoms with van der Waals surface area (Å²) in [6.45, 7) is 5.70. The molecule has 0 N–H and O–H groups in total. The SMILES string of the molecule is CCCC1CCCN(Cc2cccc(C#N)c2)CC1. The molecule has 1 unspecified atom stereocenters. The zero-order valence-corrected chi connectivity index (χ0v) is 11.9. The first-order valence-corrected chi connectivity index (χ1v) is 7.53. The van der Waals surface area contributed by atoms with E-state index < -0.39 is 0 Å². The lowest BCUT2D eigenvalue weighted by Gasteiger charge is -2.20. The second kappa shape index (κ2) is 7.31. The summed E-state index contributed by atoms with van der Waals surface area (Å²) in [6, 6.07) is 10.2. The van der Waals surface area contributed by atoms with Gasteiger partial charge < -0.3 is 0 Å². The monoisotopic (exact) mass is 256 g/mol. The molecule has 0 aromatic heterocycles. The van der Waals surface area contributed by atoms with Crippen LogP contribution in [-0.2, 0) is 6.54 Å². The Kier molecular flexibility index (Phi) is 5.42. The summed E-state index contributed by atoms with van der Waals surface area (Å²) in [5, 5.41) is 8.94. The summed E-state index contributed by atoms with van der Waals surface area (Å²) in [6.07, 6.45) is 6.75. The van der Waals surface area contributed by atoms with Crippen molar-refractivity contribution in [1.29, 1.82) is 5.26 Å². The van der Waals surface area contributed by atoms with E-state index in [9.17, 15) is 0 Å². The number of benzene rings is 1.